The first-order chi connectivity index (χ1) is 8.29. The molecule has 2 unspecified atom stereocenters. The summed E-state index contributed by atoms with van der Waals surface area (Å²) in [6.07, 6.45) is 7.26. The highest BCUT2D eigenvalue weighted by Gasteiger charge is 2.29. The van der Waals surface area contributed by atoms with Crippen molar-refractivity contribution in [3.8, 4) is 0 Å². The fourth-order valence-corrected chi connectivity index (χ4v) is 3.83. The third-order valence-electron chi connectivity index (χ3n) is 4.31. The minimum Gasteiger partial charge on any atom is -0.313 e. The van der Waals surface area contributed by atoms with Crippen LogP contribution in [-0.4, -0.2) is 28.8 Å². The van der Waals surface area contributed by atoms with Crippen molar-refractivity contribution in [1.29, 1.82) is 0 Å². The van der Waals surface area contributed by atoms with Gasteiger partial charge in [-0.1, -0.05) is 20.8 Å². The van der Waals surface area contributed by atoms with Gasteiger partial charge < -0.3 is 5.32 Å². The highest BCUT2D eigenvalue weighted by atomic mass is 32.2. The van der Waals surface area contributed by atoms with Gasteiger partial charge in [-0.15, -0.1) is 0 Å². The highest BCUT2D eigenvalue weighted by Crippen LogP contribution is 2.39. The first-order valence-corrected chi connectivity index (χ1v) is 9.05. The molecule has 2 nitrogen and oxygen atoms in total. The molecule has 0 spiro atoms. The van der Waals surface area contributed by atoms with E-state index < -0.39 is 10.8 Å². The van der Waals surface area contributed by atoms with Crippen molar-refractivity contribution in [2.45, 2.75) is 59.4 Å². The molecular formula is C15H31NOS. The van der Waals surface area contributed by atoms with Crippen LogP contribution in [0.1, 0.15) is 53.4 Å². The van der Waals surface area contributed by atoms with Gasteiger partial charge in [0.2, 0.25) is 0 Å². The maximum absolute atomic E-state index is 11.1. The molecule has 0 aromatic rings. The number of rotatable bonds is 5. The molecule has 0 heterocycles. The summed E-state index contributed by atoms with van der Waals surface area (Å²) in [6, 6.07) is 0.385. The summed E-state index contributed by atoms with van der Waals surface area (Å²) in [5.41, 5.74) is 0.477. The quantitative estimate of drug-likeness (QED) is 0.833. The van der Waals surface area contributed by atoms with Gasteiger partial charge in [0.05, 0.1) is 0 Å². The van der Waals surface area contributed by atoms with Crippen LogP contribution in [0.2, 0.25) is 0 Å². The molecule has 108 valence electrons. The van der Waals surface area contributed by atoms with E-state index in [2.05, 4.69) is 33.0 Å². The number of nitrogens with one attached hydrogen (secondary N) is 1. The maximum atomic E-state index is 11.1. The lowest BCUT2D eigenvalue weighted by Gasteiger charge is -2.37. The Morgan fingerprint density at radius 2 is 1.78 bits per heavy atom. The van der Waals surface area contributed by atoms with Gasteiger partial charge in [-0.3, -0.25) is 4.21 Å². The first kappa shape index (κ1) is 16.2. The molecule has 0 amide bonds. The van der Waals surface area contributed by atoms with E-state index in [0.29, 0.717) is 11.5 Å². The van der Waals surface area contributed by atoms with E-state index in [-0.39, 0.29) is 0 Å². The largest absolute Gasteiger partial charge is 0.313 e. The predicted octanol–water partition coefficient (Wildman–Crippen LogP) is 3.20. The summed E-state index contributed by atoms with van der Waals surface area (Å²) in [6.45, 7) is 10.4. The van der Waals surface area contributed by atoms with Crippen molar-refractivity contribution < 1.29 is 4.21 Å². The van der Waals surface area contributed by atoms with Crippen molar-refractivity contribution >= 4 is 10.8 Å². The normalized spacial score (nSPS) is 28.9. The minimum absolute atomic E-state index is 0.385. The van der Waals surface area contributed by atoms with Crippen LogP contribution in [0.5, 0.6) is 0 Å². The molecule has 0 aliphatic heterocycles. The molecule has 1 saturated carbocycles. The molecule has 0 aromatic heterocycles. The van der Waals surface area contributed by atoms with Crippen molar-refractivity contribution in [1.82, 2.24) is 5.32 Å². The van der Waals surface area contributed by atoms with E-state index in [9.17, 15) is 4.21 Å². The molecule has 2 atom stereocenters. The van der Waals surface area contributed by atoms with Crippen molar-refractivity contribution in [3.05, 3.63) is 0 Å². The fraction of sp³-hybridized carbons (Fsp3) is 1.00. The van der Waals surface area contributed by atoms with E-state index in [1.165, 1.54) is 25.7 Å². The van der Waals surface area contributed by atoms with Crippen LogP contribution in [0.3, 0.4) is 0 Å². The minimum atomic E-state index is -0.682. The Morgan fingerprint density at radius 1 is 1.22 bits per heavy atom. The van der Waals surface area contributed by atoms with Gasteiger partial charge in [0.1, 0.15) is 0 Å². The lowest BCUT2D eigenvalue weighted by molar-refractivity contribution is 0.148. The second-order valence-corrected chi connectivity index (χ2v) is 8.61. The number of hydrogen-bond acceptors (Lipinski definition) is 2. The van der Waals surface area contributed by atoms with Crippen LogP contribution in [0.15, 0.2) is 0 Å². The second-order valence-electron chi connectivity index (χ2n) is 7.13. The molecule has 18 heavy (non-hydrogen) atoms. The average Bonchev–Trinajstić information content (AvgIpc) is 2.25. The Morgan fingerprint density at radius 3 is 2.22 bits per heavy atom. The van der Waals surface area contributed by atoms with Crippen molar-refractivity contribution in [2.75, 3.05) is 18.6 Å². The van der Waals surface area contributed by atoms with Crippen molar-refractivity contribution in [3.63, 3.8) is 0 Å². The fourth-order valence-electron chi connectivity index (χ4n) is 3.01. The molecule has 0 aromatic carbocycles. The van der Waals surface area contributed by atoms with Crippen LogP contribution < -0.4 is 5.32 Å². The van der Waals surface area contributed by atoms with Gasteiger partial charge in [0.15, 0.2) is 0 Å². The van der Waals surface area contributed by atoms with E-state index in [0.717, 1.165) is 24.1 Å². The molecule has 1 aliphatic carbocycles. The average molecular weight is 273 g/mol. The Kier molecular flexibility index (Phi) is 6.32. The smallest absolute Gasteiger partial charge is 0.0383 e. The van der Waals surface area contributed by atoms with E-state index in [1.807, 2.05) is 0 Å². The molecule has 0 radical (unpaired) electrons. The Balaban J connectivity index is 2.22. The topological polar surface area (TPSA) is 29.1 Å². The highest BCUT2D eigenvalue weighted by molar-refractivity contribution is 7.84. The molecule has 0 bridgehead atoms. The lowest BCUT2D eigenvalue weighted by atomic mass is 9.70. The summed E-state index contributed by atoms with van der Waals surface area (Å²) in [4.78, 5) is 0. The Hall–Kier alpha value is 0.110. The zero-order valence-corrected chi connectivity index (χ0v) is 13.6. The van der Waals surface area contributed by atoms with Crippen LogP contribution >= 0.6 is 0 Å². The molecule has 1 N–H and O–H groups in total. The van der Waals surface area contributed by atoms with Gasteiger partial charge in [-0.05, 0) is 56.4 Å². The summed E-state index contributed by atoms with van der Waals surface area (Å²) < 4.78 is 11.1. The molecule has 0 saturated heterocycles. The van der Waals surface area contributed by atoms with Gasteiger partial charge in [0.25, 0.3) is 0 Å². The maximum Gasteiger partial charge on any atom is 0.0383 e. The monoisotopic (exact) mass is 273 g/mol. The van der Waals surface area contributed by atoms with Gasteiger partial charge >= 0.3 is 0 Å². The van der Waals surface area contributed by atoms with E-state index >= 15 is 0 Å². The third-order valence-corrected chi connectivity index (χ3v) is 5.28. The molecule has 3 heteroatoms. The third kappa shape index (κ3) is 5.83. The summed E-state index contributed by atoms with van der Waals surface area (Å²) in [7, 11) is -0.682. The van der Waals surface area contributed by atoms with Crippen LogP contribution in [0.4, 0.5) is 0 Å². The Bertz CT molecular complexity index is 264. The van der Waals surface area contributed by atoms with Gasteiger partial charge in [-0.2, -0.15) is 0 Å². The predicted molar refractivity (Wildman–Crippen MR) is 81.3 cm³/mol. The standard InChI is InChI=1S/C15H31NOS/c1-12(11-18(5)17)16-10-13-6-8-14(9-7-13)15(2,3)4/h12-14,16H,6-11H2,1-5H3. The molecular weight excluding hydrogens is 242 g/mol. The van der Waals surface area contributed by atoms with Crippen LogP contribution in [0, 0.1) is 17.3 Å². The van der Waals surface area contributed by atoms with Gasteiger partial charge in [-0.25, -0.2) is 0 Å². The summed E-state index contributed by atoms with van der Waals surface area (Å²) in [5.74, 6) is 2.50. The van der Waals surface area contributed by atoms with Crippen LogP contribution in [0.25, 0.3) is 0 Å². The Labute approximate surface area is 116 Å². The van der Waals surface area contributed by atoms with Crippen LogP contribution in [-0.2, 0) is 10.8 Å². The van der Waals surface area contributed by atoms with Gasteiger partial charge in [0, 0.05) is 28.9 Å². The van der Waals surface area contributed by atoms with Crippen molar-refractivity contribution in [2.24, 2.45) is 17.3 Å². The van der Waals surface area contributed by atoms with E-state index in [1.54, 1.807) is 6.26 Å². The molecule has 1 aliphatic rings. The molecule has 1 fully saturated rings. The second kappa shape index (κ2) is 7.04. The number of hydrogen-bond donors (Lipinski definition) is 1. The lowest BCUT2D eigenvalue weighted by Crippen LogP contribution is -2.37. The zero-order chi connectivity index (χ0) is 13.8. The SMILES string of the molecule is CC(CS(C)=O)NCC1CCC(C(C)(C)C)CC1. The summed E-state index contributed by atoms with van der Waals surface area (Å²) in [5, 5.41) is 3.54. The summed E-state index contributed by atoms with van der Waals surface area (Å²) >= 11 is 0. The zero-order valence-electron chi connectivity index (χ0n) is 12.8. The van der Waals surface area contributed by atoms with E-state index in [4.69, 9.17) is 0 Å². The first-order valence-electron chi connectivity index (χ1n) is 7.32. The molecule has 1 rings (SSSR count).